The molecule has 0 aliphatic heterocycles. The van der Waals surface area contributed by atoms with E-state index >= 15 is 0 Å². The molecule has 0 radical (unpaired) electrons. The zero-order valence-electron chi connectivity index (χ0n) is 17.8. The Hall–Kier alpha value is -2.92. The summed E-state index contributed by atoms with van der Waals surface area (Å²) in [6.45, 7) is 11.3. The smallest absolute Gasteiger partial charge is 0.236 e. The molecule has 2 rings (SSSR count). The van der Waals surface area contributed by atoms with Crippen LogP contribution in [0.15, 0.2) is 40.1 Å². The maximum Gasteiger partial charge on any atom is 0.236 e. The number of oxime groups is 1. The van der Waals surface area contributed by atoms with Crippen LogP contribution < -0.4 is 4.74 Å². The molecule has 0 saturated heterocycles. The number of carbonyl (C=O) groups is 1. The van der Waals surface area contributed by atoms with Crippen molar-refractivity contribution >= 4 is 27.6 Å². The zero-order chi connectivity index (χ0) is 22.7. The van der Waals surface area contributed by atoms with Crippen molar-refractivity contribution in [2.75, 3.05) is 0 Å². The Kier molecular flexibility index (Phi) is 6.88. The average Bonchev–Trinajstić information content (AvgIpc) is 2.64. The number of pyridine rings is 1. The van der Waals surface area contributed by atoms with Crippen molar-refractivity contribution in [3.63, 3.8) is 0 Å². The second kappa shape index (κ2) is 8.84. The van der Waals surface area contributed by atoms with Gasteiger partial charge in [0.15, 0.2) is 11.4 Å². The van der Waals surface area contributed by atoms with Crippen molar-refractivity contribution in [1.29, 1.82) is 5.26 Å². The van der Waals surface area contributed by atoms with Crippen LogP contribution in [0.5, 0.6) is 11.5 Å². The van der Waals surface area contributed by atoms with Crippen LogP contribution in [0.25, 0.3) is 0 Å². The maximum atomic E-state index is 13.1. The first-order valence-electron chi connectivity index (χ1n) is 9.20. The summed E-state index contributed by atoms with van der Waals surface area (Å²) < 4.78 is 6.35. The molecule has 2 aromatic rings. The second-order valence-corrected chi connectivity index (χ2v) is 9.45. The molecule has 30 heavy (non-hydrogen) atoms. The molecule has 1 aromatic carbocycles. The fourth-order valence-corrected chi connectivity index (χ4v) is 2.62. The summed E-state index contributed by atoms with van der Waals surface area (Å²) in [5, 5.41) is 23.5. The summed E-state index contributed by atoms with van der Waals surface area (Å²) in [6, 6.07) is 7.76. The van der Waals surface area contributed by atoms with Gasteiger partial charge in [-0.3, -0.25) is 4.79 Å². The number of halogens is 1. The summed E-state index contributed by atoms with van der Waals surface area (Å²) >= 11 is 3.23. The molecule has 7 nitrogen and oxygen atoms in total. The molecule has 0 amide bonds. The maximum absolute atomic E-state index is 13.1. The summed E-state index contributed by atoms with van der Waals surface area (Å²) in [4.78, 5) is 22.8. The molecule has 1 N–H and O–H groups in total. The molecular formula is C22H24BrN3O4. The molecule has 158 valence electrons. The van der Waals surface area contributed by atoms with E-state index in [9.17, 15) is 9.90 Å². The number of phenols is 1. The fraction of sp³-hybridized carbons (Fsp3) is 0.364. The van der Waals surface area contributed by atoms with Crippen molar-refractivity contribution in [3.05, 3.63) is 51.8 Å². The summed E-state index contributed by atoms with van der Waals surface area (Å²) in [6.07, 6.45) is 1.45. The Balaban J connectivity index is 2.48. The number of rotatable bonds is 4. The van der Waals surface area contributed by atoms with Crippen molar-refractivity contribution < 1.29 is 19.5 Å². The first-order valence-corrected chi connectivity index (χ1v) is 9.99. The van der Waals surface area contributed by atoms with Crippen LogP contribution in [0.4, 0.5) is 0 Å². The van der Waals surface area contributed by atoms with Crippen LogP contribution in [0, 0.1) is 16.7 Å². The van der Waals surface area contributed by atoms with E-state index in [1.54, 1.807) is 12.1 Å². The summed E-state index contributed by atoms with van der Waals surface area (Å²) in [5.41, 5.74) is -0.834. The second-order valence-electron chi connectivity index (χ2n) is 8.59. The van der Waals surface area contributed by atoms with Gasteiger partial charge in [0.05, 0.1) is 11.1 Å². The minimum absolute atomic E-state index is 0.00267. The molecule has 0 spiro atoms. The van der Waals surface area contributed by atoms with Gasteiger partial charge in [-0.2, -0.15) is 5.26 Å². The highest BCUT2D eigenvalue weighted by Gasteiger charge is 2.27. The normalized spacial score (nSPS) is 12.3. The third-order valence-corrected chi connectivity index (χ3v) is 4.34. The van der Waals surface area contributed by atoms with Crippen LogP contribution in [0.1, 0.15) is 63.2 Å². The SMILES string of the molecule is CC(C)(C)O/N=C(\Oc1cccnc1C(=O)c1cc(Br)c(C#N)cc1O)C(C)(C)C. The highest BCUT2D eigenvalue weighted by atomic mass is 79.9. The first kappa shape index (κ1) is 23.4. The van der Waals surface area contributed by atoms with E-state index in [-0.39, 0.29) is 34.2 Å². The molecule has 0 aliphatic carbocycles. The predicted molar refractivity (Wildman–Crippen MR) is 117 cm³/mol. The Bertz CT molecular complexity index is 1030. The van der Waals surface area contributed by atoms with E-state index < -0.39 is 16.8 Å². The molecular weight excluding hydrogens is 450 g/mol. The molecule has 0 saturated carbocycles. The van der Waals surface area contributed by atoms with Crippen molar-refractivity contribution in [1.82, 2.24) is 4.98 Å². The largest absolute Gasteiger partial charge is 0.507 e. The average molecular weight is 474 g/mol. The quantitative estimate of drug-likeness (QED) is 0.283. The van der Waals surface area contributed by atoms with E-state index in [1.165, 1.54) is 18.3 Å². The number of ether oxygens (including phenoxy) is 1. The van der Waals surface area contributed by atoms with E-state index in [0.29, 0.717) is 4.47 Å². The molecule has 0 bridgehead atoms. The van der Waals surface area contributed by atoms with Crippen LogP contribution in [0.3, 0.4) is 0 Å². The molecule has 0 atom stereocenters. The van der Waals surface area contributed by atoms with E-state index in [2.05, 4.69) is 26.1 Å². The molecule has 8 heteroatoms. The Labute approximate surface area is 184 Å². The van der Waals surface area contributed by atoms with Crippen LogP contribution in [0.2, 0.25) is 0 Å². The Morgan fingerprint density at radius 3 is 2.47 bits per heavy atom. The fourth-order valence-electron chi connectivity index (χ4n) is 2.19. The van der Waals surface area contributed by atoms with Gasteiger partial charge in [-0.05, 0) is 61.0 Å². The molecule has 0 aliphatic rings. The number of aromatic hydroxyl groups is 1. The predicted octanol–water partition coefficient (Wildman–Crippen LogP) is 5.21. The van der Waals surface area contributed by atoms with Crippen molar-refractivity contribution in [2.45, 2.75) is 47.1 Å². The number of hydrogen-bond acceptors (Lipinski definition) is 7. The summed E-state index contributed by atoms with van der Waals surface area (Å²) in [7, 11) is 0. The standard InChI is InChI=1S/C22H24BrN3O4/c1-21(2,3)20(26-30-22(4,5)6)29-17-8-7-9-25-18(17)19(28)14-11-15(23)13(12-24)10-16(14)27/h7-11,27H,1-6H3/b26-20-. The number of hydrogen-bond donors (Lipinski definition) is 1. The molecule has 0 unspecified atom stereocenters. The van der Waals surface area contributed by atoms with E-state index in [1.807, 2.05) is 47.6 Å². The minimum atomic E-state index is -0.557. The highest BCUT2D eigenvalue weighted by Crippen LogP contribution is 2.31. The lowest BCUT2D eigenvalue weighted by Gasteiger charge is -2.24. The monoisotopic (exact) mass is 473 g/mol. The van der Waals surface area contributed by atoms with Gasteiger partial charge in [-0.1, -0.05) is 25.9 Å². The van der Waals surface area contributed by atoms with Gasteiger partial charge in [0, 0.05) is 16.1 Å². The third-order valence-electron chi connectivity index (χ3n) is 3.69. The van der Waals surface area contributed by atoms with Crippen LogP contribution in [-0.4, -0.2) is 27.4 Å². The topological polar surface area (TPSA) is 105 Å². The number of aromatic nitrogens is 1. The zero-order valence-corrected chi connectivity index (χ0v) is 19.4. The summed E-state index contributed by atoms with van der Waals surface area (Å²) in [5.74, 6) is -0.436. The lowest BCUT2D eigenvalue weighted by Crippen LogP contribution is -2.29. The number of carbonyl (C=O) groups excluding carboxylic acids is 1. The van der Waals surface area contributed by atoms with Gasteiger partial charge in [-0.15, -0.1) is 0 Å². The number of nitrogens with zero attached hydrogens (tertiary/aromatic N) is 3. The van der Waals surface area contributed by atoms with Crippen molar-refractivity contribution in [3.8, 4) is 17.6 Å². The lowest BCUT2D eigenvalue weighted by molar-refractivity contribution is -0.00380. The first-order chi connectivity index (χ1) is 13.8. The van der Waals surface area contributed by atoms with E-state index in [4.69, 9.17) is 14.8 Å². The molecule has 0 fully saturated rings. The molecule has 1 aromatic heterocycles. The van der Waals surface area contributed by atoms with Crippen molar-refractivity contribution in [2.24, 2.45) is 10.6 Å². The van der Waals surface area contributed by atoms with Gasteiger partial charge in [0.1, 0.15) is 17.4 Å². The highest BCUT2D eigenvalue weighted by molar-refractivity contribution is 9.10. The number of nitriles is 1. The van der Waals surface area contributed by atoms with Gasteiger partial charge in [0.25, 0.3) is 0 Å². The van der Waals surface area contributed by atoms with Crippen LogP contribution >= 0.6 is 15.9 Å². The van der Waals surface area contributed by atoms with Gasteiger partial charge < -0.3 is 14.7 Å². The van der Waals surface area contributed by atoms with Gasteiger partial charge >= 0.3 is 0 Å². The molecule has 1 heterocycles. The Morgan fingerprint density at radius 2 is 1.90 bits per heavy atom. The number of benzene rings is 1. The number of ketones is 1. The van der Waals surface area contributed by atoms with E-state index in [0.717, 1.165) is 0 Å². The number of phenolic OH excluding ortho intramolecular Hbond substituents is 1. The lowest BCUT2D eigenvalue weighted by atomic mass is 9.96. The Morgan fingerprint density at radius 1 is 1.23 bits per heavy atom. The van der Waals surface area contributed by atoms with Gasteiger partial charge in [0.2, 0.25) is 11.7 Å². The van der Waals surface area contributed by atoms with Gasteiger partial charge in [-0.25, -0.2) is 4.98 Å². The minimum Gasteiger partial charge on any atom is -0.507 e. The van der Waals surface area contributed by atoms with Crippen LogP contribution in [-0.2, 0) is 4.84 Å². The third kappa shape index (κ3) is 5.80.